The molecule has 10 heteroatoms. The molecule has 0 unspecified atom stereocenters. The van der Waals surface area contributed by atoms with E-state index in [0.29, 0.717) is 28.6 Å². The fourth-order valence-electron chi connectivity index (χ4n) is 2.81. The number of rotatable bonds is 11. The van der Waals surface area contributed by atoms with E-state index >= 15 is 0 Å². The van der Waals surface area contributed by atoms with Gasteiger partial charge in [0.1, 0.15) is 18.1 Å². The smallest absolute Gasteiger partial charge is 0.371 e. The van der Waals surface area contributed by atoms with Crippen molar-refractivity contribution in [3.8, 4) is 17.2 Å². The van der Waals surface area contributed by atoms with E-state index in [1.165, 1.54) is 25.5 Å². The number of furan rings is 1. The lowest BCUT2D eigenvalue weighted by Crippen LogP contribution is -2.24. The van der Waals surface area contributed by atoms with Crippen LogP contribution in [0.15, 0.2) is 64.1 Å². The van der Waals surface area contributed by atoms with Crippen molar-refractivity contribution in [3.05, 3.63) is 71.7 Å². The predicted molar refractivity (Wildman–Crippen MR) is 125 cm³/mol. The van der Waals surface area contributed by atoms with Gasteiger partial charge in [0.25, 0.3) is 5.91 Å². The minimum absolute atomic E-state index is 0.0323. The number of hydrogen-bond donors (Lipinski definition) is 2. The molecule has 0 saturated heterocycles. The molecule has 0 aliphatic rings. The molecule has 10 nitrogen and oxygen atoms in total. The zero-order chi connectivity index (χ0) is 24.5. The van der Waals surface area contributed by atoms with Crippen LogP contribution in [0.4, 0.5) is 5.69 Å². The van der Waals surface area contributed by atoms with Crippen LogP contribution >= 0.6 is 0 Å². The molecule has 0 radical (unpaired) electrons. The van der Waals surface area contributed by atoms with Gasteiger partial charge in [-0.3, -0.25) is 4.79 Å². The summed E-state index contributed by atoms with van der Waals surface area (Å²) in [4.78, 5) is 24.8. The Balaban J connectivity index is 1.51. The third-order valence-corrected chi connectivity index (χ3v) is 4.54. The van der Waals surface area contributed by atoms with E-state index in [4.69, 9.17) is 23.7 Å². The highest BCUT2D eigenvalue weighted by Gasteiger charge is 2.11. The Hall–Kier alpha value is -4.47. The van der Waals surface area contributed by atoms with Gasteiger partial charge in [0.2, 0.25) is 5.76 Å². The number of benzene rings is 2. The normalized spacial score (nSPS) is 10.7. The Morgan fingerprint density at radius 2 is 1.91 bits per heavy atom. The number of hydrazone groups is 1. The number of anilines is 1. The fourth-order valence-corrected chi connectivity index (χ4v) is 2.81. The molecule has 0 fully saturated rings. The van der Waals surface area contributed by atoms with Crippen molar-refractivity contribution >= 4 is 23.8 Å². The van der Waals surface area contributed by atoms with E-state index < -0.39 is 11.9 Å². The summed E-state index contributed by atoms with van der Waals surface area (Å²) in [6, 6.07) is 15.4. The first-order chi connectivity index (χ1) is 16.4. The summed E-state index contributed by atoms with van der Waals surface area (Å²) >= 11 is 0. The lowest BCUT2D eigenvalue weighted by molar-refractivity contribution is -0.123. The summed E-state index contributed by atoms with van der Waals surface area (Å²) in [5, 5.41) is 12.8. The number of methoxy groups -OCH3 is 1. The molecule has 0 atom stereocenters. The van der Waals surface area contributed by atoms with Gasteiger partial charge in [0.15, 0.2) is 18.1 Å². The highest BCUT2D eigenvalue weighted by molar-refractivity contribution is 5.84. The molecule has 2 N–H and O–H groups in total. The summed E-state index contributed by atoms with van der Waals surface area (Å²) in [6.45, 7) is -0.148. The Labute approximate surface area is 196 Å². The third kappa shape index (κ3) is 6.76. The molecule has 0 saturated carbocycles. The quantitative estimate of drug-likeness (QED) is 0.326. The number of carbonyl (C=O) groups excluding carboxylic acids is 1. The second-order valence-electron chi connectivity index (χ2n) is 7.24. The molecule has 0 aliphatic heterocycles. The first kappa shape index (κ1) is 24.2. The van der Waals surface area contributed by atoms with Crippen molar-refractivity contribution < 1.29 is 33.3 Å². The second-order valence-corrected chi connectivity index (χ2v) is 7.24. The monoisotopic (exact) mass is 467 g/mol. The van der Waals surface area contributed by atoms with Crippen LogP contribution in [0.25, 0.3) is 0 Å². The number of amides is 1. The maximum Gasteiger partial charge on any atom is 0.371 e. The molecule has 0 bridgehead atoms. The maximum absolute atomic E-state index is 12.0. The SMILES string of the molecule is COc1cc(/C=N/NC(=O)COc2cccc(N(C)C)c2)ccc1OCc1ccc(C(=O)O)o1. The standard InChI is InChI=1S/C24H25N3O7/c1-27(2)17-5-4-6-18(12-17)32-15-23(28)26-25-13-16-7-9-20(22(11-16)31-3)33-14-19-8-10-21(34-19)24(29)30/h4-13H,14-15H2,1-3H3,(H,26,28)(H,29,30)/b25-13+. The molecule has 1 aromatic heterocycles. The van der Waals surface area contributed by atoms with Gasteiger partial charge in [-0.15, -0.1) is 0 Å². The summed E-state index contributed by atoms with van der Waals surface area (Å²) in [7, 11) is 5.33. The van der Waals surface area contributed by atoms with Crippen molar-refractivity contribution in [2.75, 3.05) is 32.7 Å². The average molecular weight is 467 g/mol. The fraction of sp³-hybridized carbons (Fsp3) is 0.208. The number of nitrogens with one attached hydrogen (secondary N) is 1. The maximum atomic E-state index is 12.0. The van der Waals surface area contributed by atoms with Crippen molar-refractivity contribution in [2.45, 2.75) is 6.61 Å². The topological polar surface area (TPSA) is 123 Å². The van der Waals surface area contributed by atoms with Crippen molar-refractivity contribution in [3.63, 3.8) is 0 Å². The average Bonchev–Trinajstić information content (AvgIpc) is 3.31. The highest BCUT2D eigenvalue weighted by Crippen LogP contribution is 2.28. The van der Waals surface area contributed by atoms with Crippen LogP contribution in [0.5, 0.6) is 17.2 Å². The van der Waals surface area contributed by atoms with Gasteiger partial charge < -0.3 is 28.6 Å². The highest BCUT2D eigenvalue weighted by atomic mass is 16.5. The van der Waals surface area contributed by atoms with Crippen LogP contribution in [0.1, 0.15) is 21.9 Å². The van der Waals surface area contributed by atoms with Crippen LogP contribution in [0, 0.1) is 0 Å². The second kappa shape index (κ2) is 11.4. The van der Waals surface area contributed by atoms with Crippen LogP contribution < -0.4 is 24.5 Å². The molecule has 1 heterocycles. The van der Waals surface area contributed by atoms with Gasteiger partial charge in [-0.2, -0.15) is 5.10 Å². The van der Waals surface area contributed by atoms with Crippen molar-refractivity contribution in [1.82, 2.24) is 5.43 Å². The number of carboxylic acids is 1. The number of hydrogen-bond acceptors (Lipinski definition) is 8. The molecule has 0 spiro atoms. The molecule has 3 aromatic rings. The molecule has 3 rings (SSSR count). The summed E-state index contributed by atoms with van der Waals surface area (Å²) in [5.74, 6) is 0.103. The zero-order valence-electron chi connectivity index (χ0n) is 19.0. The lowest BCUT2D eigenvalue weighted by Gasteiger charge is -2.13. The van der Waals surface area contributed by atoms with E-state index in [0.717, 1.165) is 5.69 Å². The largest absolute Gasteiger partial charge is 0.493 e. The van der Waals surface area contributed by atoms with Gasteiger partial charge in [0, 0.05) is 25.8 Å². The van der Waals surface area contributed by atoms with Gasteiger partial charge in [-0.05, 0) is 48.0 Å². The summed E-state index contributed by atoms with van der Waals surface area (Å²) < 4.78 is 21.7. The molecular formula is C24H25N3O7. The Morgan fingerprint density at radius 3 is 2.62 bits per heavy atom. The molecule has 0 aliphatic carbocycles. The third-order valence-electron chi connectivity index (χ3n) is 4.54. The Morgan fingerprint density at radius 1 is 1.09 bits per heavy atom. The molecule has 2 aromatic carbocycles. The van der Waals surface area contributed by atoms with Gasteiger partial charge >= 0.3 is 5.97 Å². The number of aromatic carboxylic acids is 1. The number of carboxylic acid groups (broad SMARTS) is 1. The Bertz CT molecular complexity index is 1170. The molecule has 178 valence electrons. The van der Waals surface area contributed by atoms with E-state index in [-0.39, 0.29) is 19.0 Å². The van der Waals surface area contributed by atoms with Gasteiger partial charge in [-0.1, -0.05) is 6.07 Å². The van der Waals surface area contributed by atoms with Gasteiger partial charge in [-0.25, -0.2) is 10.2 Å². The lowest BCUT2D eigenvalue weighted by atomic mass is 10.2. The summed E-state index contributed by atoms with van der Waals surface area (Å²) in [5.41, 5.74) is 4.04. The molecule has 1 amide bonds. The Kier molecular flexibility index (Phi) is 8.11. The minimum atomic E-state index is -1.15. The predicted octanol–water partition coefficient (Wildman–Crippen LogP) is 3.16. The van der Waals surface area contributed by atoms with E-state index in [9.17, 15) is 9.59 Å². The number of carbonyl (C=O) groups is 2. The first-order valence-corrected chi connectivity index (χ1v) is 10.2. The summed E-state index contributed by atoms with van der Waals surface area (Å²) in [6.07, 6.45) is 1.46. The van der Waals surface area contributed by atoms with Crippen LogP contribution in [-0.4, -0.2) is 51.0 Å². The first-order valence-electron chi connectivity index (χ1n) is 10.2. The van der Waals surface area contributed by atoms with E-state index in [1.807, 2.05) is 37.2 Å². The molecular weight excluding hydrogens is 442 g/mol. The van der Waals surface area contributed by atoms with E-state index in [2.05, 4.69) is 10.5 Å². The van der Waals surface area contributed by atoms with Crippen LogP contribution in [0.2, 0.25) is 0 Å². The minimum Gasteiger partial charge on any atom is -0.493 e. The van der Waals surface area contributed by atoms with Crippen LogP contribution in [0.3, 0.4) is 0 Å². The number of ether oxygens (including phenoxy) is 3. The van der Waals surface area contributed by atoms with Crippen molar-refractivity contribution in [1.29, 1.82) is 0 Å². The van der Waals surface area contributed by atoms with E-state index in [1.54, 1.807) is 24.3 Å². The van der Waals surface area contributed by atoms with Gasteiger partial charge in [0.05, 0.1) is 13.3 Å². The van der Waals surface area contributed by atoms with Crippen molar-refractivity contribution in [2.24, 2.45) is 5.10 Å². The number of nitrogens with zero attached hydrogens (tertiary/aromatic N) is 2. The molecule has 34 heavy (non-hydrogen) atoms. The zero-order valence-corrected chi connectivity index (χ0v) is 19.0. The van der Waals surface area contributed by atoms with Crippen LogP contribution in [-0.2, 0) is 11.4 Å².